The Morgan fingerprint density at radius 3 is 2.83 bits per heavy atom. The minimum atomic E-state index is -0.677. The maximum atomic E-state index is 14.0. The average molecular weight is 329 g/mol. The summed E-state index contributed by atoms with van der Waals surface area (Å²) in [6.07, 6.45) is -0.800. The van der Waals surface area contributed by atoms with E-state index >= 15 is 0 Å². The molecule has 0 radical (unpaired) electrons. The van der Waals surface area contributed by atoms with Gasteiger partial charge in [-0.2, -0.15) is 5.10 Å². The zero-order valence-electron chi connectivity index (χ0n) is 13.0. The van der Waals surface area contributed by atoms with Crippen molar-refractivity contribution in [2.45, 2.75) is 26.0 Å². The molecule has 0 aliphatic heterocycles. The number of nitrogens with zero attached hydrogens (tertiary/aromatic N) is 4. The molecule has 0 fully saturated rings. The fraction of sp³-hybridized carbons (Fsp3) is 0.250. The highest BCUT2D eigenvalue weighted by Crippen LogP contribution is 2.22. The molecule has 0 saturated carbocycles. The molecule has 24 heavy (non-hydrogen) atoms. The normalized spacial score (nSPS) is 12.5. The first-order valence-corrected chi connectivity index (χ1v) is 7.40. The number of primary amides is 1. The summed E-state index contributed by atoms with van der Waals surface area (Å²) in [6.45, 7) is 1.77. The number of halogens is 1. The summed E-state index contributed by atoms with van der Waals surface area (Å²) < 4.78 is 15.4. The second-order valence-corrected chi connectivity index (χ2v) is 5.53. The van der Waals surface area contributed by atoms with Crippen LogP contribution in [0.2, 0.25) is 0 Å². The van der Waals surface area contributed by atoms with Crippen molar-refractivity contribution in [3.63, 3.8) is 0 Å². The van der Waals surface area contributed by atoms with Gasteiger partial charge in [-0.05, 0) is 19.1 Å². The monoisotopic (exact) mass is 329 g/mol. The first-order chi connectivity index (χ1) is 11.4. The van der Waals surface area contributed by atoms with Crippen LogP contribution in [0.15, 0.2) is 30.3 Å². The van der Waals surface area contributed by atoms with Gasteiger partial charge >= 0.3 is 0 Å². The second-order valence-electron chi connectivity index (χ2n) is 5.53. The third-order valence-corrected chi connectivity index (χ3v) is 3.39. The molecule has 0 saturated heterocycles. The number of nitrogens with two attached hydrogens (primary N) is 1. The van der Waals surface area contributed by atoms with Crippen molar-refractivity contribution < 1.29 is 14.3 Å². The van der Waals surface area contributed by atoms with E-state index in [1.807, 2.05) is 0 Å². The van der Waals surface area contributed by atoms with E-state index in [1.54, 1.807) is 31.2 Å². The number of aromatic nitrogens is 4. The number of amides is 1. The van der Waals surface area contributed by atoms with Crippen molar-refractivity contribution in [3.8, 4) is 11.5 Å². The van der Waals surface area contributed by atoms with E-state index in [0.29, 0.717) is 16.9 Å². The molecular formula is C16H16FN5O2. The lowest BCUT2D eigenvalue weighted by Gasteiger charge is -2.08. The number of pyridine rings is 1. The molecule has 3 N–H and O–H groups in total. The van der Waals surface area contributed by atoms with Crippen molar-refractivity contribution in [3.05, 3.63) is 42.0 Å². The third-order valence-electron chi connectivity index (χ3n) is 3.39. The number of carbonyl (C=O) groups is 1. The number of hydrogen-bond donors (Lipinski definition) is 2. The SMILES string of the molecule is CC(O)Cn1nc(CC(N)=O)nc1-c1ccc2cccc(F)c2n1. The van der Waals surface area contributed by atoms with E-state index in [1.165, 1.54) is 10.7 Å². The van der Waals surface area contributed by atoms with E-state index in [2.05, 4.69) is 15.1 Å². The molecule has 1 aromatic carbocycles. The van der Waals surface area contributed by atoms with Crippen LogP contribution >= 0.6 is 0 Å². The Hall–Kier alpha value is -2.87. The Balaban J connectivity index is 2.11. The van der Waals surface area contributed by atoms with Crippen LogP contribution in [0.4, 0.5) is 4.39 Å². The van der Waals surface area contributed by atoms with Crippen molar-refractivity contribution in [1.82, 2.24) is 19.7 Å². The molecule has 7 nitrogen and oxygen atoms in total. The van der Waals surface area contributed by atoms with E-state index in [9.17, 15) is 14.3 Å². The summed E-state index contributed by atoms with van der Waals surface area (Å²) in [6, 6.07) is 8.13. The molecule has 1 amide bonds. The summed E-state index contributed by atoms with van der Waals surface area (Å²) >= 11 is 0. The summed E-state index contributed by atoms with van der Waals surface area (Å²) in [4.78, 5) is 19.7. The van der Waals surface area contributed by atoms with E-state index in [-0.39, 0.29) is 24.3 Å². The van der Waals surface area contributed by atoms with Crippen molar-refractivity contribution in [2.24, 2.45) is 5.73 Å². The molecule has 0 bridgehead atoms. The zero-order valence-corrected chi connectivity index (χ0v) is 13.0. The standard InChI is InChI=1S/C16H16FN5O2/c1-9(23)8-22-16(20-14(21-22)7-13(18)24)12-6-5-10-3-2-4-11(17)15(10)19-12/h2-6,9,23H,7-8H2,1H3,(H2,18,24). The first-order valence-electron chi connectivity index (χ1n) is 7.40. The van der Waals surface area contributed by atoms with Crippen LogP contribution in [-0.2, 0) is 17.8 Å². The molecule has 8 heteroatoms. The van der Waals surface area contributed by atoms with Crippen LogP contribution < -0.4 is 5.73 Å². The summed E-state index contributed by atoms with van der Waals surface area (Å²) in [7, 11) is 0. The molecule has 0 aliphatic rings. The van der Waals surface area contributed by atoms with Gasteiger partial charge < -0.3 is 10.8 Å². The molecule has 124 valence electrons. The van der Waals surface area contributed by atoms with Gasteiger partial charge in [-0.3, -0.25) is 4.79 Å². The van der Waals surface area contributed by atoms with Crippen LogP contribution in [0.3, 0.4) is 0 Å². The van der Waals surface area contributed by atoms with Gasteiger partial charge in [-0.15, -0.1) is 0 Å². The lowest BCUT2D eigenvalue weighted by Crippen LogP contribution is -2.16. The molecule has 0 spiro atoms. The Kier molecular flexibility index (Phi) is 4.22. The van der Waals surface area contributed by atoms with Gasteiger partial charge in [0.1, 0.15) is 17.0 Å². The Morgan fingerprint density at radius 2 is 2.12 bits per heavy atom. The zero-order chi connectivity index (χ0) is 17.3. The van der Waals surface area contributed by atoms with Gasteiger partial charge in [-0.25, -0.2) is 19.0 Å². The fourth-order valence-electron chi connectivity index (χ4n) is 2.42. The molecule has 3 aromatic rings. The number of benzene rings is 1. The molecule has 1 atom stereocenters. The smallest absolute Gasteiger partial charge is 0.225 e. The largest absolute Gasteiger partial charge is 0.391 e. The molecule has 2 heterocycles. The van der Waals surface area contributed by atoms with Gasteiger partial charge in [0.2, 0.25) is 5.91 Å². The summed E-state index contributed by atoms with van der Waals surface area (Å²) in [5.74, 6) is -0.424. The number of aliphatic hydroxyl groups excluding tert-OH is 1. The van der Waals surface area contributed by atoms with Crippen LogP contribution in [0.5, 0.6) is 0 Å². The predicted octanol–water partition coefficient (Wildman–Crippen LogP) is 1.04. The Morgan fingerprint density at radius 1 is 1.33 bits per heavy atom. The quantitative estimate of drug-likeness (QED) is 0.727. The lowest BCUT2D eigenvalue weighted by atomic mass is 10.2. The number of carbonyl (C=O) groups excluding carboxylic acids is 1. The van der Waals surface area contributed by atoms with Crippen LogP contribution in [0.25, 0.3) is 22.4 Å². The van der Waals surface area contributed by atoms with Crippen molar-refractivity contribution >= 4 is 16.8 Å². The maximum Gasteiger partial charge on any atom is 0.225 e. The fourth-order valence-corrected chi connectivity index (χ4v) is 2.42. The van der Waals surface area contributed by atoms with Crippen molar-refractivity contribution in [2.75, 3.05) is 0 Å². The minimum absolute atomic E-state index is 0.123. The van der Waals surface area contributed by atoms with Crippen LogP contribution in [0.1, 0.15) is 12.7 Å². The number of fused-ring (bicyclic) bond motifs is 1. The van der Waals surface area contributed by atoms with Gasteiger partial charge in [-0.1, -0.05) is 18.2 Å². The van der Waals surface area contributed by atoms with Gasteiger partial charge in [0.15, 0.2) is 11.6 Å². The van der Waals surface area contributed by atoms with Crippen LogP contribution in [0, 0.1) is 5.82 Å². The van der Waals surface area contributed by atoms with E-state index in [0.717, 1.165) is 0 Å². The third kappa shape index (κ3) is 3.23. The number of hydrogen-bond acceptors (Lipinski definition) is 5. The predicted molar refractivity (Wildman–Crippen MR) is 85.3 cm³/mol. The Labute approximate surface area is 137 Å². The number of aliphatic hydroxyl groups is 1. The average Bonchev–Trinajstić information content (AvgIpc) is 2.88. The molecule has 1 unspecified atom stereocenters. The highest BCUT2D eigenvalue weighted by atomic mass is 19.1. The highest BCUT2D eigenvalue weighted by molar-refractivity contribution is 5.81. The first kappa shape index (κ1) is 16.0. The van der Waals surface area contributed by atoms with Gasteiger partial charge in [0, 0.05) is 5.39 Å². The van der Waals surface area contributed by atoms with E-state index < -0.39 is 17.8 Å². The summed E-state index contributed by atoms with van der Waals surface area (Å²) in [5.41, 5.74) is 5.80. The molecular weight excluding hydrogens is 313 g/mol. The lowest BCUT2D eigenvalue weighted by molar-refractivity contribution is -0.117. The molecule has 3 rings (SSSR count). The highest BCUT2D eigenvalue weighted by Gasteiger charge is 2.17. The number of para-hydroxylation sites is 1. The minimum Gasteiger partial charge on any atom is -0.391 e. The molecule has 0 aliphatic carbocycles. The topological polar surface area (TPSA) is 107 Å². The van der Waals surface area contributed by atoms with Crippen LogP contribution in [-0.4, -0.2) is 36.9 Å². The second kappa shape index (κ2) is 6.32. The van der Waals surface area contributed by atoms with Gasteiger partial charge in [0.25, 0.3) is 0 Å². The Bertz CT molecular complexity index is 907. The van der Waals surface area contributed by atoms with E-state index in [4.69, 9.17) is 5.73 Å². The number of rotatable bonds is 5. The van der Waals surface area contributed by atoms with Gasteiger partial charge in [0.05, 0.1) is 19.1 Å². The molecule has 2 aromatic heterocycles. The maximum absolute atomic E-state index is 14.0. The summed E-state index contributed by atoms with van der Waals surface area (Å²) in [5, 5.41) is 14.5. The van der Waals surface area contributed by atoms with Crippen molar-refractivity contribution in [1.29, 1.82) is 0 Å².